The number of carbonyl (C=O) groups excluding carboxylic acids is 2. The van der Waals surface area contributed by atoms with Gasteiger partial charge >= 0.3 is 0 Å². The smallest absolute Gasteiger partial charge is 0.251 e. The number of amides is 1. The van der Waals surface area contributed by atoms with E-state index in [0.717, 1.165) is 38.5 Å². The minimum absolute atomic E-state index is 0.0972. The first kappa shape index (κ1) is 23.8. The first-order valence-electron chi connectivity index (χ1n) is 11.0. The molecule has 2 aromatic rings. The highest BCUT2D eigenvalue weighted by atomic mass is 16.1. The van der Waals surface area contributed by atoms with E-state index < -0.39 is 0 Å². The molecule has 0 aliphatic rings. The lowest BCUT2D eigenvalue weighted by Crippen LogP contribution is -2.24. The highest BCUT2D eigenvalue weighted by Crippen LogP contribution is 2.13. The van der Waals surface area contributed by atoms with Crippen LogP contribution in [0, 0.1) is 22.7 Å². The van der Waals surface area contributed by atoms with Crippen LogP contribution in [0.25, 0.3) is 0 Å². The first-order valence-corrected chi connectivity index (χ1v) is 11.0. The Morgan fingerprint density at radius 3 is 1.61 bits per heavy atom. The lowest BCUT2D eigenvalue weighted by molar-refractivity contribution is 0.0950. The normalized spacial score (nSPS) is 10.1. The molecule has 1 N–H and O–H groups in total. The van der Waals surface area contributed by atoms with Crippen molar-refractivity contribution in [3.8, 4) is 12.1 Å². The molecule has 0 unspecified atom stereocenters. The predicted molar refractivity (Wildman–Crippen MR) is 121 cm³/mol. The summed E-state index contributed by atoms with van der Waals surface area (Å²) in [6.45, 7) is 0.663. The van der Waals surface area contributed by atoms with Crippen molar-refractivity contribution in [1.29, 1.82) is 10.5 Å². The Bertz CT molecular complexity index is 842. The van der Waals surface area contributed by atoms with Gasteiger partial charge in [0.25, 0.3) is 5.91 Å². The zero-order valence-corrected chi connectivity index (χ0v) is 17.9. The van der Waals surface area contributed by atoms with Crippen LogP contribution in [0.1, 0.15) is 89.6 Å². The number of rotatable bonds is 13. The third-order valence-corrected chi connectivity index (χ3v) is 5.23. The Balaban J connectivity index is 1.44. The Morgan fingerprint density at radius 1 is 0.645 bits per heavy atom. The molecule has 0 fully saturated rings. The van der Waals surface area contributed by atoms with E-state index in [1.165, 1.54) is 12.8 Å². The van der Waals surface area contributed by atoms with Crippen LogP contribution < -0.4 is 5.32 Å². The van der Waals surface area contributed by atoms with Crippen molar-refractivity contribution in [2.24, 2.45) is 0 Å². The fraction of sp³-hybridized carbons (Fsp3) is 0.385. The van der Waals surface area contributed by atoms with Crippen molar-refractivity contribution in [3.63, 3.8) is 0 Å². The second-order valence-electron chi connectivity index (χ2n) is 7.64. The number of nitrogens with one attached hydrogen (secondary N) is 1. The summed E-state index contributed by atoms with van der Waals surface area (Å²) in [5, 5.41) is 20.5. The number of benzene rings is 2. The lowest BCUT2D eigenvalue weighted by atomic mass is 10.0. The number of ketones is 1. The van der Waals surface area contributed by atoms with E-state index in [1.807, 2.05) is 6.07 Å². The molecular weight excluding hydrogens is 386 g/mol. The number of unbranched alkanes of at least 4 members (excludes halogenated alkanes) is 7. The third-order valence-electron chi connectivity index (χ3n) is 5.23. The number of nitriles is 2. The summed E-state index contributed by atoms with van der Waals surface area (Å²) >= 11 is 0. The number of carbonyl (C=O) groups is 2. The fourth-order valence-corrected chi connectivity index (χ4v) is 3.35. The summed E-state index contributed by atoms with van der Waals surface area (Å²) < 4.78 is 0. The van der Waals surface area contributed by atoms with Gasteiger partial charge in [0.15, 0.2) is 5.78 Å². The molecule has 160 valence electrons. The molecule has 0 aliphatic heterocycles. The van der Waals surface area contributed by atoms with Crippen molar-refractivity contribution in [2.75, 3.05) is 6.54 Å². The van der Waals surface area contributed by atoms with E-state index in [-0.39, 0.29) is 11.7 Å². The zero-order chi connectivity index (χ0) is 22.3. The molecule has 2 aromatic carbocycles. The average Bonchev–Trinajstić information content (AvgIpc) is 2.82. The SMILES string of the molecule is N#Cc1ccc(C(=O)CCCCCCCCCCNC(=O)c2ccc(C#N)cc2)cc1. The molecule has 5 nitrogen and oxygen atoms in total. The van der Waals surface area contributed by atoms with Crippen LogP contribution >= 0.6 is 0 Å². The Kier molecular flexibility index (Phi) is 10.6. The maximum atomic E-state index is 12.1. The topological polar surface area (TPSA) is 93.8 Å². The van der Waals surface area contributed by atoms with Gasteiger partial charge in [-0.05, 0) is 49.2 Å². The van der Waals surface area contributed by atoms with E-state index in [2.05, 4.69) is 11.4 Å². The van der Waals surface area contributed by atoms with Crippen molar-refractivity contribution in [3.05, 3.63) is 70.8 Å². The molecule has 0 atom stereocenters. The highest BCUT2D eigenvalue weighted by molar-refractivity contribution is 5.96. The van der Waals surface area contributed by atoms with Gasteiger partial charge in [0.2, 0.25) is 0 Å². The standard InChI is InChI=1S/C26H29N3O2/c27-19-21-10-14-23(15-11-21)25(30)9-7-5-3-1-2-4-6-8-18-29-26(31)24-16-12-22(20-28)13-17-24/h10-17H,1-9,18H2,(H,29,31). The summed E-state index contributed by atoms with van der Waals surface area (Å²) in [5.74, 6) is 0.0487. The predicted octanol–water partition coefficient (Wildman–Crippen LogP) is 5.55. The van der Waals surface area contributed by atoms with E-state index in [4.69, 9.17) is 10.5 Å². The minimum atomic E-state index is -0.0972. The second-order valence-corrected chi connectivity index (χ2v) is 7.64. The van der Waals surface area contributed by atoms with E-state index in [9.17, 15) is 9.59 Å². The quantitative estimate of drug-likeness (QED) is 0.343. The van der Waals surface area contributed by atoms with Crippen molar-refractivity contribution in [1.82, 2.24) is 5.32 Å². The summed E-state index contributed by atoms with van der Waals surface area (Å²) in [5.41, 5.74) is 2.39. The third kappa shape index (κ3) is 8.84. The van der Waals surface area contributed by atoms with E-state index in [1.54, 1.807) is 48.5 Å². The molecule has 0 heterocycles. The Hall–Kier alpha value is -3.44. The van der Waals surface area contributed by atoms with Crippen LogP contribution in [0.15, 0.2) is 48.5 Å². The zero-order valence-electron chi connectivity index (χ0n) is 17.9. The monoisotopic (exact) mass is 415 g/mol. The molecule has 0 spiro atoms. The second kappa shape index (κ2) is 13.7. The first-order chi connectivity index (χ1) is 15.1. The molecule has 0 saturated carbocycles. The summed E-state index contributed by atoms with van der Waals surface area (Å²) in [6.07, 6.45) is 9.20. The van der Waals surface area contributed by atoms with Crippen LogP contribution in [-0.4, -0.2) is 18.2 Å². The molecular formula is C26H29N3O2. The molecule has 0 aromatic heterocycles. The fourth-order valence-electron chi connectivity index (χ4n) is 3.35. The Labute approximate surface area is 184 Å². The molecule has 1 amide bonds. The summed E-state index contributed by atoms with van der Waals surface area (Å²) in [6, 6.07) is 17.6. The van der Waals surface area contributed by atoms with Gasteiger partial charge in [0.05, 0.1) is 23.3 Å². The van der Waals surface area contributed by atoms with Gasteiger partial charge in [-0.1, -0.05) is 50.7 Å². The number of Topliss-reactive ketones (excluding diaryl/α,β-unsaturated/α-hetero) is 1. The van der Waals surface area contributed by atoms with E-state index >= 15 is 0 Å². The maximum absolute atomic E-state index is 12.1. The summed E-state index contributed by atoms with van der Waals surface area (Å²) in [7, 11) is 0. The van der Waals surface area contributed by atoms with Gasteiger partial charge in [-0.3, -0.25) is 9.59 Å². The van der Waals surface area contributed by atoms with Gasteiger partial charge in [-0.25, -0.2) is 0 Å². The molecule has 0 radical (unpaired) electrons. The molecule has 0 saturated heterocycles. The van der Waals surface area contributed by atoms with Gasteiger partial charge in [0.1, 0.15) is 0 Å². The lowest BCUT2D eigenvalue weighted by Gasteiger charge is -2.06. The minimum Gasteiger partial charge on any atom is -0.352 e. The molecule has 2 rings (SSSR count). The highest BCUT2D eigenvalue weighted by Gasteiger charge is 2.06. The van der Waals surface area contributed by atoms with Crippen molar-refractivity contribution >= 4 is 11.7 Å². The van der Waals surface area contributed by atoms with Gasteiger partial charge in [-0.15, -0.1) is 0 Å². The average molecular weight is 416 g/mol. The summed E-state index contributed by atoms with van der Waals surface area (Å²) in [4.78, 5) is 24.1. The van der Waals surface area contributed by atoms with Crippen LogP contribution in [0.5, 0.6) is 0 Å². The van der Waals surface area contributed by atoms with Gasteiger partial charge in [0, 0.05) is 24.1 Å². The Morgan fingerprint density at radius 2 is 1.10 bits per heavy atom. The number of nitrogens with zero attached hydrogens (tertiary/aromatic N) is 2. The van der Waals surface area contributed by atoms with Crippen LogP contribution in [0.2, 0.25) is 0 Å². The molecule has 31 heavy (non-hydrogen) atoms. The largest absolute Gasteiger partial charge is 0.352 e. The van der Waals surface area contributed by atoms with Crippen molar-refractivity contribution in [2.45, 2.75) is 57.8 Å². The van der Waals surface area contributed by atoms with E-state index in [0.29, 0.717) is 35.2 Å². The van der Waals surface area contributed by atoms with Crippen LogP contribution in [-0.2, 0) is 0 Å². The van der Waals surface area contributed by atoms with Crippen LogP contribution in [0.4, 0.5) is 0 Å². The molecule has 0 aliphatic carbocycles. The molecule has 5 heteroatoms. The molecule has 0 bridgehead atoms. The maximum Gasteiger partial charge on any atom is 0.251 e. The van der Waals surface area contributed by atoms with Gasteiger partial charge in [-0.2, -0.15) is 10.5 Å². The number of hydrogen-bond acceptors (Lipinski definition) is 4. The van der Waals surface area contributed by atoms with Crippen LogP contribution in [0.3, 0.4) is 0 Å². The van der Waals surface area contributed by atoms with Crippen molar-refractivity contribution < 1.29 is 9.59 Å². The number of hydrogen-bond donors (Lipinski definition) is 1. The van der Waals surface area contributed by atoms with Gasteiger partial charge < -0.3 is 5.32 Å².